The van der Waals surface area contributed by atoms with E-state index in [1.54, 1.807) is 0 Å². The molecule has 0 bridgehead atoms. The maximum absolute atomic E-state index is 14.5. The molecule has 3 heterocycles. The van der Waals surface area contributed by atoms with E-state index >= 15 is 0 Å². The Labute approximate surface area is 174 Å². The molecule has 0 radical (unpaired) electrons. The highest BCUT2D eigenvalue weighted by Gasteiger charge is 2.32. The number of nitrogens with zero attached hydrogens (tertiary/aromatic N) is 1. The van der Waals surface area contributed by atoms with Gasteiger partial charge in [-0.3, -0.25) is 9.59 Å². The Morgan fingerprint density at radius 2 is 2.10 bits per heavy atom. The van der Waals surface area contributed by atoms with Crippen molar-refractivity contribution in [2.75, 3.05) is 6.61 Å². The van der Waals surface area contributed by atoms with Crippen LogP contribution in [-0.2, 0) is 33.7 Å². The van der Waals surface area contributed by atoms with Gasteiger partial charge in [0.1, 0.15) is 18.7 Å². The minimum absolute atomic E-state index is 0.00491. The molecule has 2 aliphatic heterocycles. The summed E-state index contributed by atoms with van der Waals surface area (Å²) in [6, 6.07) is 1.53. The first-order valence-corrected chi connectivity index (χ1v) is 10.5. The van der Waals surface area contributed by atoms with Crippen molar-refractivity contribution in [1.82, 2.24) is 10.3 Å². The molecule has 1 N–H and O–H groups in total. The van der Waals surface area contributed by atoms with Crippen molar-refractivity contribution in [3.05, 3.63) is 57.1 Å². The Kier molecular flexibility index (Phi) is 4.45. The number of esters is 1. The Hall–Kier alpha value is -3.02. The van der Waals surface area contributed by atoms with Crippen LogP contribution in [0.4, 0.5) is 4.39 Å². The standard InChI is InChI=1S/C24H23FN2O3/c1-3-14-17(13(10-28)11-30-24(14)29)7-21-23-18(9-26-21)16-6-4-5-15-12(2)19(25)8-20(27-23)22(15)16/h7-8,10,14,26H,3-6,9,11H2,1-2H3/b21-7-/t14-/m1/s1. The van der Waals surface area contributed by atoms with E-state index in [9.17, 15) is 14.0 Å². The van der Waals surface area contributed by atoms with Crippen molar-refractivity contribution in [2.45, 2.75) is 46.1 Å². The third-order valence-corrected chi connectivity index (χ3v) is 6.63. The molecule has 5 rings (SSSR count). The second-order valence-corrected chi connectivity index (χ2v) is 8.21. The Morgan fingerprint density at radius 1 is 1.30 bits per heavy atom. The fourth-order valence-corrected chi connectivity index (χ4v) is 5.04. The monoisotopic (exact) mass is 406 g/mol. The number of carbonyl (C=O) groups is 2. The lowest BCUT2D eigenvalue weighted by atomic mass is 9.84. The molecule has 1 aromatic carbocycles. The number of benzene rings is 1. The Morgan fingerprint density at radius 3 is 2.87 bits per heavy atom. The molecule has 30 heavy (non-hydrogen) atoms. The number of pyridine rings is 1. The molecule has 0 amide bonds. The van der Waals surface area contributed by atoms with E-state index in [0.29, 0.717) is 29.6 Å². The number of halogens is 1. The highest BCUT2D eigenvalue weighted by molar-refractivity contribution is 5.93. The van der Waals surface area contributed by atoms with Gasteiger partial charge in [0.25, 0.3) is 0 Å². The predicted molar refractivity (Wildman–Crippen MR) is 111 cm³/mol. The zero-order valence-electron chi connectivity index (χ0n) is 17.1. The number of allylic oxidation sites excluding steroid dienone is 1. The molecule has 6 heteroatoms. The lowest BCUT2D eigenvalue weighted by Gasteiger charge is -2.23. The van der Waals surface area contributed by atoms with Crippen molar-refractivity contribution in [1.29, 1.82) is 0 Å². The molecule has 154 valence electrons. The number of hydrogen-bond acceptors (Lipinski definition) is 5. The molecule has 1 aromatic heterocycles. The number of hydrogen-bond donors (Lipinski definition) is 1. The summed E-state index contributed by atoms with van der Waals surface area (Å²) < 4.78 is 19.7. The molecule has 0 unspecified atom stereocenters. The van der Waals surface area contributed by atoms with E-state index < -0.39 is 5.92 Å². The van der Waals surface area contributed by atoms with E-state index in [0.717, 1.165) is 59.0 Å². The van der Waals surface area contributed by atoms with Crippen LogP contribution in [0, 0.1) is 18.7 Å². The third kappa shape index (κ3) is 2.70. The van der Waals surface area contributed by atoms with Gasteiger partial charge in [-0.25, -0.2) is 9.37 Å². The quantitative estimate of drug-likeness (QED) is 0.622. The second kappa shape index (κ2) is 7.04. The highest BCUT2D eigenvalue weighted by Crippen LogP contribution is 2.39. The van der Waals surface area contributed by atoms with Crippen LogP contribution in [0.5, 0.6) is 0 Å². The number of nitrogens with one attached hydrogen (secondary N) is 1. The van der Waals surface area contributed by atoms with Crippen LogP contribution >= 0.6 is 0 Å². The van der Waals surface area contributed by atoms with E-state index in [1.807, 2.05) is 19.9 Å². The number of aryl methyl sites for hydroxylation is 2. The minimum Gasteiger partial charge on any atom is -0.460 e. The van der Waals surface area contributed by atoms with Crippen LogP contribution in [0.3, 0.4) is 0 Å². The zero-order chi connectivity index (χ0) is 21.0. The molecular weight excluding hydrogens is 383 g/mol. The fraction of sp³-hybridized carbons (Fsp3) is 0.375. The third-order valence-electron chi connectivity index (χ3n) is 6.63. The molecule has 2 aromatic rings. The van der Waals surface area contributed by atoms with E-state index in [1.165, 1.54) is 11.6 Å². The van der Waals surface area contributed by atoms with Crippen LogP contribution in [0.25, 0.3) is 16.6 Å². The summed E-state index contributed by atoms with van der Waals surface area (Å²) in [5.41, 5.74) is 7.59. The maximum Gasteiger partial charge on any atom is 0.313 e. The Bertz CT molecular complexity index is 1180. The lowest BCUT2D eigenvalue weighted by molar-refractivity contribution is -0.147. The summed E-state index contributed by atoms with van der Waals surface area (Å²) in [7, 11) is 0. The van der Waals surface area contributed by atoms with Gasteiger partial charge >= 0.3 is 5.97 Å². The summed E-state index contributed by atoms with van der Waals surface area (Å²) in [6.07, 6.45) is 5.99. The van der Waals surface area contributed by atoms with Crippen molar-refractivity contribution in [3.8, 4) is 0 Å². The summed E-state index contributed by atoms with van der Waals surface area (Å²) in [5, 5.41) is 4.50. The first-order valence-electron chi connectivity index (χ1n) is 10.5. The summed E-state index contributed by atoms with van der Waals surface area (Å²) >= 11 is 0. The van der Waals surface area contributed by atoms with Gasteiger partial charge in [0, 0.05) is 29.1 Å². The van der Waals surface area contributed by atoms with Gasteiger partial charge < -0.3 is 10.1 Å². The highest BCUT2D eigenvalue weighted by atomic mass is 19.1. The number of ether oxygens (including phenoxy) is 1. The molecule has 0 spiro atoms. The predicted octanol–water partition coefficient (Wildman–Crippen LogP) is 3.69. The first kappa shape index (κ1) is 19.0. The van der Waals surface area contributed by atoms with Crippen LogP contribution in [0.1, 0.15) is 47.7 Å². The summed E-state index contributed by atoms with van der Waals surface area (Å²) in [4.78, 5) is 28.6. The number of aromatic nitrogens is 1. The first-order chi connectivity index (χ1) is 14.5. The van der Waals surface area contributed by atoms with E-state index in [-0.39, 0.29) is 18.4 Å². The largest absolute Gasteiger partial charge is 0.460 e. The van der Waals surface area contributed by atoms with E-state index in [2.05, 4.69) is 5.32 Å². The average Bonchev–Trinajstić information content (AvgIpc) is 3.15. The summed E-state index contributed by atoms with van der Waals surface area (Å²) in [5.74, 6) is -0.999. The van der Waals surface area contributed by atoms with Crippen molar-refractivity contribution in [3.63, 3.8) is 0 Å². The molecule has 0 saturated heterocycles. The minimum atomic E-state index is -0.470. The van der Waals surface area contributed by atoms with Crippen LogP contribution in [0.2, 0.25) is 0 Å². The molecule has 1 aliphatic carbocycles. The average molecular weight is 406 g/mol. The molecule has 0 saturated carbocycles. The molecule has 5 nitrogen and oxygen atoms in total. The number of fused-ring (bicyclic) bond motifs is 2. The van der Waals surface area contributed by atoms with Crippen LogP contribution < -0.4 is 5.32 Å². The second-order valence-electron chi connectivity index (χ2n) is 8.21. The fourth-order valence-electron chi connectivity index (χ4n) is 5.04. The van der Waals surface area contributed by atoms with Gasteiger partial charge in [0.2, 0.25) is 0 Å². The molecular formula is C24H23FN2O3. The number of aldehydes is 1. The topological polar surface area (TPSA) is 68.3 Å². The van der Waals surface area contributed by atoms with Crippen molar-refractivity contribution in [2.24, 2.45) is 5.92 Å². The SMILES string of the molecule is CC[C@H]1C(=O)OCC(C=O)=C1/C=C1\NCc2c1nc1cc(F)c(C)c3c1c2CCC3. The van der Waals surface area contributed by atoms with E-state index in [4.69, 9.17) is 9.72 Å². The van der Waals surface area contributed by atoms with Gasteiger partial charge in [-0.05, 0) is 60.9 Å². The van der Waals surface area contributed by atoms with Gasteiger partial charge in [0.05, 0.1) is 22.8 Å². The van der Waals surface area contributed by atoms with Gasteiger partial charge in [-0.2, -0.15) is 0 Å². The van der Waals surface area contributed by atoms with Gasteiger partial charge in [0.15, 0.2) is 0 Å². The zero-order valence-corrected chi connectivity index (χ0v) is 17.1. The number of carbonyl (C=O) groups excluding carboxylic acids is 2. The Balaban J connectivity index is 1.72. The molecule has 0 fully saturated rings. The van der Waals surface area contributed by atoms with Crippen LogP contribution in [0.15, 0.2) is 23.3 Å². The maximum atomic E-state index is 14.5. The summed E-state index contributed by atoms with van der Waals surface area (Å²) in [6.45, 7) is 4.38. The van der Waals surface area contributed by atoms with Crippen LogP contribution in [-0.4, -0.2) is 23.8 Å². The number of rotatable bonds is 3. The molecule has 3 aliphatic rings. The van der Waals surface area contributed by atoms with Crippen molar-refractivity contribution < 1.29 is 18.7 Å². The smallest absolute Gasteiger partial charge is 0.313 e. The van der Waals surface area contributed by atoms with Crippen molar-refractivity contribution >= 4 is 28.9 Å². The number of cyclic esters (lactones) is 1. The normalized spacial score (nSPS) is 21.6. The van der Waals surface area contributed by atoms with Gasteiger partial charge in [-0.1, -0.05) is 6.92 Å². The lowest BCUT2D eigenvalue weighted by Crippen LogP contribution is -2.27. The molecule has 1 atom stereocenters. The van der Waals surface area contributed by atoms with Gasteiger partial charge in [-0.15, -0.1) is 0 Å².